The molecule has 0 radical (unpaired) electrons. The fourth-order valence-corrected chi connectivity index (χ4v) is 4.23. The zero-order valence-electron chi connectivity index (χ0n) is 17.5. The smallest absolute Gasteiger partial charge is 0.253 e. The topological polar surface area (TPSA) is 57.3 Å². The summed E-state index contributed by atoms with van der Waals surface area (Å²) in [5.74, 6) is 0.126. The van der Waals surface area contributed by atoms with Crippen LogP contribution in [0.25, 0.3) is 21.7 Å². The highest BCUT2D eigenvalue weighted by molar-refractivity contribution is 5.98. The zero-order valence-corrected chi connectivity index (χ0v) is 17.5. The van der Waals surface area contributed by atoms with Crippen molar-refractivity contribution in [3.05, 3.63) is 84.1 Å². The molecule has 2 heterocycles. The normalized spacial score (nSPS) is 14.1. The Balaban J connectivity index is 1.27. The quantitative estimate of drug-likeness (QED) is 0.520. The van der Waals surface area contributed by atoms with Crippen LogP contribution in [0.4, 0.5) is 5.69 Å². The molecule has 31 heavy (non-hydrogen) atoms. The molecule has 0 unspecified atom stereocenters. The summed E-state index contributed by atoms with van der Waals surface area (Å²) < 4.78 is 0. The van der Waals surface area contributed by atoms with Crippen LogP contribution in [0.3, 0.4) is 0 Å². The second-order valence-electron chi connectivity index (χ2n) is 7.99. The zero-order chi connectivity index (χ0) is 21.0. The molecule has 1 aromatic heterocycles. The van der Waals surface area contributed by atoms with Crippen molar-refractivity contribution < 1.29 is 4.79 Å². The van der Waals surface area contributed by atoms with Gasteiger partial charge in [0.15, 0.2) is 0 Å². The summed E-state index contributed by atoms with van der Waals surface area (Å²) in [7, 11) is 0. The molecule has 1 aliphatic rings. The van der Waals surface area contributed by atoms with Crippen molar-refractivity contribution in [2.45, 2.75) is 6.42 Å². The molecule has 0 aliphatic carbocycles. The van der Waals surface area contributed by atoms with E-state index >= 15 is 0 Å². The van der Waals surface area contributed by atoms with Crippen molar-refractivity contribution in [3.8, 4) is 0 Å². The van der Waals surface area contributed by atoms with Gasteiger partial charge in [0.05, 0.1) is 5.52 Å². The van der Waals surface area contributed by atoms with Gasteiger partial charge in [0.1, 0.15) is 0 Å². The van der Waals surface area contributed by atoms with E-state index in [1.807, 2.05) is 47.5 Å². The lowest BCUT2D eigenvalue weighted by Crippen LogP contribution is -2.46. The molecule has 1 saturated heterocycles. The maximum absolute atomic E-state index is 12.8. The first-order chi connectivity index (χ1) is 15.3. The Hall–Kier alpha value is -3.44. The number of benzene rings is 3. The molecule has 5 rings (SSSR count). The lowest BCUT2D eigenvalue weighted by Gasteiger charge is -2.27. The predicted octanol–water partition coefficient (Wildman–Crippen LogP) is 4.09. The van der Waals surface area contributed by atoms with Crippen molar-refractivity contribution in [1.29, 1.82) is 0 Å². The van der Waals surface area contributed by atoms with Gasteiger partial charge in [-0.25, -0.2) is 0 Å². The molecular formula is C26H26N4O. The van der Waals surface area contributed by atoms with Crippen molar-refractivity contribution in [1.82, 2.24) is 15.2 Å². The number of rotatable bonds is 5. The Labute approximate surface area is 182 Å². The minimum absolute atomic E-state index is 0.126. The van der Waals surface area contributed by atoms with E-state index in [9.17, 15) is 4.79 Å². The van der Waals surface area contributed by atoms with Gasteiger partial charge in [-0.3, -0.25) is 9.78 Å². The first-order valence-corrected chi connectivity index (χ1v) is 10.9. The summed E-state index contributed by atoms with van der Waals surface area (Å²) in [6, 6.07) is 22.8. The molecule has 0 saturated carbocycles. The summed E-state index contributed by atoms with van der Waals surface area (Å²) in [6.07, 6.45) is 2.77. The van der Waals surface area contributed by atoms with Gasteiger partial charge in [0, 0.05) is 55.6 Å². The van der Waals surface area contributed by atoms with Crippen molar-refractivity contribution in [2.75, 3.05) is 38.0 Å². The first kappa shape index (κ1) is 19.5. The van der Waals surface area contributed by atoms with Gasteiger partial charge in [-0.2, -0.15) is 0 Å². The standard InChI is InChI=1S/C26H26N4O/c31-26(30-15-13-27-14-16-30)22-8-7-20-17-19(5-6-21(20)18-22)9-11-28-25-10-12-29-24-4-2-1-3-23(24)25/h1-8,10,12,17-18,27H,9,11,13-16H2,(H,28,29). The van der Waals surface area contributed by atoms with Crippen molar-refractivity contribution in [2.24, 2.45) is 0 Å². The highest BCUT2D eigenvalue weighted by Gasteiger charge is 2.18. The fourth-order valence-electron chi connectivity index (χ4n) is 4.23. The number of hydrogen-bond donors (Lipinski definition) is 2. The minimum atomic E-state index is 0.126. The molecular weight excluding hydrogens is 384 g/mol. The van der Waals surface area contributed by atoms with E-state index in [2.05, 4.69) is 45.9 Å². The second-order valence-corrected chi connectivity index (χ2v) is 7.99. The number of piperazine rings is 1. The molecule has 1 fully saturated rings. The summed E-state index contributed by atoms with van der Waals surface area (Å²) in [4.78, 5) is 19.1. The largest absolute Gasteiger partial charge is 0.384 e. The molecule has 0 bridgehead atoms. The van der Waals surface area contributed by atoms with Crippen LogP contribution < -0.4 is 10.6 Å². The highest BCUT2D eigenvalue weighted by Crippen LogP contribution is 2.22. The first-order valence-electron chi connectivity index (χ1n) is 10.9. The second kappa shape index (κ2) is 8.74. The van der Waals surface area contributed by atoms with E-state index in [-0.39, 0.29) is 5.91 Å². The number of fused-ring (bicyclic) bond motifs is 2. The van der Waals surface area contributed by atoms with Gasteiger partial charge in [-0.1, -0.05) is 42.5 Å². The molecule has 5 nitrogen and oxygen atoms in total. The molecule has 0 atom stereocenters. The van der Waals surface area contributed by atoms with Crippen LogP contribution in [-0.2, 0) is 6.42 Å². The van der Waals surface area contributed by atoms with Crippen LogP contribution in [0.1, 0.15) is 15.9 Å². The number of anilines is 1. The van der Waals surface area contributed by atoms with E-state index in [1.54, 1.807) is 0 Å². The Bertz CT molecular complexity index is 1230. The highest BCUT2D eigenvalue weighted by atomic mass is 16.2. The molecule has 1 aliphatic heterocycles. The monoisotopic (exact) mass is 410 g/mol. The summed E-state index contributed by atoms with van der Waals surface area (Å²) in [5.41, 5.74) is 4.17. The predicted molar refractivity (Wildman–Crippen MR) is 127 cm³/mol. The number of nitrogens with zero attached hydrogens (tertiary/aromatic N) is 2. The maximum Gasteiger partial charge on any atom is 0.253 e. The summed E-state index contributed by atoms with van der Waals surface area (Å²) >= 11 is 0. The van der Waals surface area contributed by atoms with Crippen LogP contribution in [0.2, 0.25) is 0 Å². The van der Waals surface area contributed by atoms with E-state index in [4.69, 9.17) is 0 Å². The number of pyridine rings is 1. The molecule has 156 valence electrons. The molecule has 2 N–H and O–H groups in total. The summed E-state index contributed by atoms with van der Waals surface area (Å²) in [5, 5.41) is 10.3. The van der Waals surface area contributed by atoms with Crippen LogP contribution in [0, 0.1) is 0 Å². The number of hydrogen-bond acceptors (Lipinski definition) is 4. The van der Waals surface area contributed by atoms with Gasteiger partial charge < -0.3 is 15.5 Å². The van der Waals surface area contributed by atoms with Crippen LogP contribution in [0.15, 0.2) is 72.9 Å². The SMILES string of the molecule is O=C(c1ccc2cc(CCNc3ccnc4ccccc34)ccc2c1)N1CCNCC1. The van der Waals surface area contributed by atoms with Crippen LogP contribution in [0.5, 0.6) is 0 Å². The van der Waals surface area contributed by atoms with Crippen molar-refractivity contribution >= 4 is 33.3 Å². The van der Waals surface area contributed by atoms with E-state index in [0.717, 1.165) is 66.7 Å². The van der Waals surface area contributed by atoms with E-state index < -0.39 is 0 Å². The van der Waals surface area contributed by atoms with E-state index in [1.165, 1.54) is 10.9 Å². The summed E-state index contributed by atoms with van der Waals surface area (Å²) in [6.45, 7) is 4.13. The molecule has 3 aromatic carbocycles. The average Bonchev–Trinajstić information content (AvgIpc) is 2.84. The third kappa shape index (κ3) is 4.23. The van der Waals surface area contributed by atoms with Gasteiger partial charge >= 0.3 is 0 Å². The minimum Gasteiger partial charge on any atom is -0.384 e. The van der Waals surface area contributed by atoms with Gasteiger partial charge in [0.2, 0.25) is 0 Å². The van der Waals surface area contributed by atoms with Crippen LogP contribution in [-0.4, -0.2) is 48.5 Å². The fraction of sp³-hybridized carbons (Fsp3) is 0.231. The van der Waals surface area contributed by atoms with Gasteiger partial charge in [-0.05, 0) is 47.0 Å². The Morgan fingerprint density at radius 1 is 0.968 bits per heavy atom. The van der Waals surface area contributed by atoms with Crippen molar-refractivity contribution in [3.63, 3.8) is 0 Å². The average molecular weight is 411 g/mol. The number of carbonyl (C=O) groups is 1. The molecule has 5 heteroatoms. The van der Waals surface area contributed by atoms with Gasteiger partial charge in [0.25, 0.3) is 5.91 Å². The number of amides is 1. The Morgan fingerprint density at radius 2 is 1.77 bits per heavy atom. The maximum atomic E-state index is 12.8. The number of para-hydroxylation sites is 1. The number of nitrogens with one attached hydrogen (secondary N) is 2. The molecule has 4 aromatic rings. The Kier molecular flexibility index (Phi) is 5.50. The van der Waals surface area contributed by atoms with Gasteiger partial charge in [-0.15, -0.1) is 0 Å². The lowest BCUT2D eigenvalue weighted by molar-refractivity contribution is 0.0736. The van der Waals surface area contributed by atoms with E-state index in [0.29, 0.717) is 0 Å². The molecule has 1 amide bonds. The number of carbonyl (C=O) groups excluding carboxylic acids is 1. The molecule has 0 spiro atoms. The lowest BCUT2D eigenvalue weighted by atomic mass is 10.0. The third-order valence-electron chi connectivity index (χ3n) is 5.93. The Morgan fingerprint density at radius 3 is 2.68 bits per heavy atom. The van der Waals surface area contributed by atoms with Crippen LogP contribution >= 0.6 is 0 Å². The number of aromatic nitrogens is 1. The third-order valence-corrected chi connectivity index (χ3v) is 5.93.